The van der Waals surface area contributed by atoms with E-state index >= 15 is 0 Å². The molecule has 142 valence electrons. The van der Waals surface area contributed by atoms with Gasteiger partial charge in [0.05, 0.1) is 13.2 Å². The lowest BCUT2D eigenvalue weighted by atomic mass is 10.2. The zero-order valence-corrected chi connectivity index (χ0v) is 15.7. The van der Waals surface area contributed by atoms with Crippen molar-refractivity contribution in [2.75, 3.05) is 20.3 Å². The Balaban J connectivity index is 1.50. The molecule has 0 spiro atoms. The maximum atomic E-state index is 12.2. The molecule has 1 atom stereocenters. The van der Waals surface area contributed by atoms with Crippen LogP contribution in [0, 0.1) is 0 Å². The SMILES string of the molecule is COc1ccccc1OCC(=O)N[C@@H]1CC(=O)N(Cc2ccccc2Cl)C1. The molecule has 6 nitrogen and oxygen atoms in total. The van der Waals surface area contributed by atoms with Gasteiger partial charge in [0.1, 0.15) is 0 Å². The van der Waals surface area contributed by atoms with E-state index in [9.17, 15) is 9.59 Å². The zero-order valence-electron chi connectivity index (χ0n) is 15.0. The molecule has 7 heteroatoms. The second-order valence-corrected chi connectivity index (χ2v) is 6.68. The lowest BCUT2D eigenvalue weighted by Gasteiger charge is -2.18. The number of hydrogen-bond acceptors (Lipinski definition) is 4. The van der Waals surface area contributed by atoms with E-state index in [1.807, 2.05) is 24.3 Å². The van der Waals surface area contributed by atoms with Crippen molar-refractivity contribution < 1.29 is 19.1 Å². The summed E-state index contributed by atoms with van der Waals surface area (Å²) in [7, 11) is 1.54. The number of benzene rings is 2. The summed E-state index contributed by atoms with van der Waals surface area (Å²) >= 11 is 6.16. The van der Waals surface area contributed by atoms with Gasteiger partial charge in [-0.2, -0.15) is 0 Å². The number of carbonyl (C=O) groups excluding carboxylic acids is 2. The first kappa shape index (κ1) is 19.0. The molecule has 1 fully saturated rings. The standard InChI is InChI=1S/C20H21ClN2O4/c1-26-17-8-4-5-9-18(17)27-13-19(24)22-15-10-20(25)23(12-15)11-14-6-2-3-7-16(14)21/h2-9,15H,10-13H2,1H3,(H,22,24)/t15-/m1/s1. The Morgan fingerprint density at radius 3 is 2.63 bits per heavy atom. The summed E-state index contributed by atoms with van der Waals surface area (Å²) in [6.45, 7) is 0.739. The molecule has 0 bridgehead atoms. The number of amides is 2. The van der Waals surface area contributed by atoms with Crippen molar-refractivity contribution in [1.82, 2.24) is 10.2 Å². The average molecular weight is 389 g/mol. The molecular formula is C20H21ClN2O4. The fourth-order valence-corrected chi connectivity index (χ4v) is 3.20. The fraction of sp³-hybridized carbons (Fsp3) is 0.300. The van der Waals surface area contributed by atoms with Crippen LogP contribution in [-0.4, -0.2) is 43.0 Å². The lowest BCUT2D eigenvalue weighted by molar-refractivity contribution is -0.128. The third-order valence-electron chi connectivity index (χ3n) is 4.33. The van der Waals surface area contributed by atoms with Gasteiger partial charge in [-0.15, -0.1) is 0 Å². The van der Waals surface area contributed by atoms with Crippen LogP contribution in [0.5, 0.6) is 11.5 Å². The Bertz CT molecular complexity index is 827. The molecule has 0 radical (unpaired) electrons. The number of hydrogen-bond donors (Lipinski definition) is 1. The topological polar surface area (TPSA) is 67.9 Å². The summed E-state index contributed by atoms with van der Waals surface area (Å²) in [5, 5.41) is 3.47. The van der Waals surface area contributed by atoms with Gasteiger partial charge < -0.3 is 19.7 Å². The Morgan fingerprint density at radius 1 is 1.19 bits per heavy atom. The molecule has 2 amide bonds. The minimum Gasteiger partial charge on any atom is -0.493 e. The number of rotatable bonds is 7. The number of halogens is 1. The van der Waals surface area contributed by atoms with Crippen molar-refractivity contribution >= 4 is 23.4 Å². The molecule has 3 rings (SSSR count). The molecule has 0 unspecified atom stereocenters. The second kappa shape index (κ2) is 8.77. The molecule has 2 aromatic carbocycles. The molecule has 0 saturated carbocycles. The Morgan fingerprint density at radius 2 is 1.89 bits per heavy atom. The van der Waals surface area contributed by atoms with Gasteiger partial charge in [-0.05, 0) is 23.8 Å². The van der Waals surface area contributed by atoms with Gasteiger partial charge in [-0.1, -0.05) is 41.9 Å². The Labute approximate surface area is 163 Å². The van der Waals surface area contributed by atoms with Gasteiger partial charge in [-0.25, -0.2) is 0 Å². The van der Waals surface area contributed by atoms with E-state index in [1.54, 1.807) is 36.3 Å². The van der Waals surface area contributed by atoms with Crippen molar-refractivity contribution in [2.24, 2.45) is 0 Å². The van der Waals surface area contributed by atoms with E-state index in [1.165, 1.54) is 0 Å². The van der Waals surface area contributed by atoms with Crippen LogP contribution in [0.2, 0.25) is 5.02 Å². The van der Waals surface area contributed by atoms with Crippen molar-refractivity contribution in [1.29, 1.82) is 0 Å². The largest absolute Gasteiger partial charge is 0.493 e. The van der Waals surface area contributed by atoms with Gasteiger partial charge in [0, 0.05) is 24.5 Å². The number of methoxy groups -OCH3 is 1. The third kappa shape index (κ3) is 4.92. The van der Waals surface area contributed by atoms with Gasteiger partial charge in [-0.3, -0.25) is 9.59 Å². The molecule has 2 aromatic rings. The molecule has 27 heavy (non-hydrogen) atoms. The lowest BCUT2D eigenvalue weighted by Crippen LogP contribution is -2.39. The van der Waals surface area contributed by atoms with Crippen LogP contribution in [0.3, 0.4) is 0 Å². The first-order chi connectivity index (χ1) is 13.1. The fourth-order valence-electron chi connectivity index (χ4n) is 3.00. The van der Waals surface area contributed by atoms with Crippen molar-refractivity contribution in [2.45, 2.75) is 19.0 Å². The van der Waals surface area contributed by atoms with Gasteiger partial charge in [0.15, 0.2) is 18.1 Å². The summed E-state index contributed by atoms with van der Waals surface area (Å²) in [6.07, 6.45) is 0.269. The average Bonchev–Trinajstić information content (AvgIpc) is 3.01. The van der Waals surface area contributed by atoms with E-state index in [-0.39, 0.29) is 30.9 Å². The van der Waals surface area contributed by atoms with Crippen LogP contribution in [-0.2, 0) is 16.1 Å². The maximum absolute atomic E-state index is 12.2. The van der Waals surface area contributed by atoms with Crippen LogP contribution in [0.4, 0.5) is 0 Å². The summed E-state index contributed by atoms with van der Waals surface area (Å²) in [6, 6.07) is 14.3. The Hall–Kier alpha value is -2.73. The number of para-hydroxylation sites is 2. The molecule has 1 saturated heterocycles. The van der Waals surface area contributed by atoms with Gasteiger partial charge >= 0.3 is 0 Å². The van der Waals surface area contributed by atoms with Crippen LogP contribution in [0.1, 0.15) is 12.0 Å². The molecule has 0 aromatic heterocycles. The van der Waals surface area contributed by atoms with E-state index in [0.29, 0.717) is 29.6 Å². The predicted octanol–water partition coefficient (Wildman–Crippen LogP) is 2.64. The summed E-state index contributed by atoms with van der Waals surface area (Å²) in [5.41, 5.74) is 0.888. The third-order valence-corrected chi connectivity index (χ3v) is 4.70. The zero-order chi connectivity index (χ0) is 19.2. The van der Waals surface area contributed by atoms with Crippen LogP contribution in [0.25, 0.3) is 0 Å². The smallest absolute Gasteiger partial charge is 0.258 e. The highest BCUT2D eigenvalue weighted by molar-refractivity contribution is 6.31. The summed E-state index contributed by atoms with van der Waals surface area (Å²) in [4.78, 5) is 26.1. The van der Waals surface area contributed by atoms with Crippen molar-refractivity contribution in [3.8, 4) is 11.5 Å². The van der Waals surface area contributed by atoms with Gasteiger partial charge in [0.2, 0.25) is 5.91 Å². The minimum absolute atomic E-state index is 0.00846. The highest BCUT2D eigenvalue weighted by Gasteiger charge is 2.30. The maximum Gasteiger partial charge on any atom is 0.258 e. The van der Waals surface area contributed by atoms with Crippen LogP contribution in [0.15, 0.2) is 48.5 Å². The molecule has 1 heterocycles. The summed E-state index contributed by atoms with van der Waals surface area (Å²) < 4.78 is 10.7. The normalized spacial score (nSPS) is 16.3. The highest BCUT2D eigenvalue weighted by Crippen LogP contribution is 2.25. The Kier molecular flexibility index (Phi) is 6.19. The number of nitrogens with one attached hydrogen (secondary N) is 1. The van der Waals surface area contributed by atoms with Gasteiger partial charge in [0.25, 0.3) is 5.91 Å². The highest BCUT2D eigenvalue weighted by atomic mass is 35.5. The van der Waals surface area contributed by atoms with Crippen molar-refractivity contribution in [3.05, 3.63) is 59.1 Å². The second-order valence-electron chi connectivity index (χ2n) is 6.27. The number of ether oxygens (including phenoxy) is 2. The monoisotopic (exact) mass is 388 g/mol. The van der Waals surface area contributed by atoms with E-state index in [2.05, 4.69) is 5.32 Å². The molecule has 1 aliphatic heterocycles. The van der Waals surface area contributed by atoms with E-state index in [0.717, 1.165) is 5.56 Å². The first-order valence-corrected chi connectivity index (χ1v) is 9.01. The van der Waals surface area contributed by atoms with Crippen LogP contribution < -0.4 is 14.8 Å². The van der Waals surface area contributed by atoms with Crippen LogP contribution >= 0.6 is 11.6 Å². The number of carbonyl (C=O) groups is 2. The number of likely N-dealkylation sites (tertiary alicyclic amines) is 1. The molecule has 1 N–H and O–H groups in total. The summed E-state index contributed by atoms with van der Waals surface area (Å²) in [5.74, 6) is 0.773. The minimum atomic E-state index is -0.279. The van der Waals surface area contributed by atoms with Crippen molar-refractivity contribution in [3.63, 3.8) is 0 Å². The van der Waals surface area contributed by atoms with E-state index in [4.69, 9.17) is 21.1 Å². The molecule has 1 aliphatic rings. The molecular weight excluding hydrogens is 368 g/mol. The molecule has 0 aliphatic carbocycles. The first-order valence-electron chi connectivity index (χ1n) is 8.63. The number of nitrogens with zero attached hydrogens (tertiary/aromatic N) is 1. The predicted molar refractivity (Wildman–Crippen MR) is 102 cm³/mol. The van der Waals surface area contributed by atoms with E-state index < -0.39 is 0 Å². The quantitative estimate of drug-likeness (QED) is 0.791.